The van der Waals surface area contributed by atoms with Crippen molar-refractivity contribution in [2.75, 3.05) is 6.54 Å². The summed E-state index contributed by atoms with van der Waals surface area (Å²) >= 11 is 0. The van der Waals surface area contributed by atoms with Crippen LogP contribution in [0.3, 0.4) is 0 Å². The molecule has 2 amide bonds. The number of carbonyl (C=O) groups is 2. The lowest BCUT2D eigenvalue weighted by molar-refractivity contribution is 0.0933. The molecule has 138 valence electrons. The van der Waals surface area contributed by atoms with Gasteiger partial charge in [-0.15, -0.1) is 0 Å². The summed E-state index contributed by atoms with van der Waals surface area (Å²) in [5.41, 5.74) is 2.14. The molecule has 2 aromatic rings. The van der Waals surface area contributed by atoms with Gasteiger partial charge < -0.3 is 15.2 Å². The van der Waals surface area contributed by atoms with Crippen molar-refractivity contribution in [3.63, 3.8) is 0 Å². The monoisotopic (exact) mass is 355 g/mol. The third-order valence-electron chi connectivity index (χ3n) is 4.38. The number of imidazole rings is 1. The Morgan fingerprint density at radius 1 is 1.23 bits per heavy atom. The molecule has 26 heavy (non-hydrogen) atoms. The van der Waals surface area contributed by atoms with Crippen molar-refractivity contribution in [3.8, 4) is 0 Å². The van der Waals surface area contributed by atoms with Gasteiger partial charge in [0.05, 0.1) is 5.69 Å². The summed E-state index contributed by atoms with van der Waals surface area (Å²) < 4.78 is 1.90. The molecule has 0 fully saturated rings. The lowest BCUT2D eigenvalue weighted by Crippen LogP contribution is -2.30. The SMILES string of the molecule is CC(C)CNC(=O)c1nc(C(=O)NCc2cccnc2)c2n1CCCC2. The van der Waals surface area contributed by atoms with Gasteiger partial charge in [-0.2, -0.15) is 0 Å². The first-order valence-electron chi connectivity index (χ1n) is 9.11. The first kappa shape index (κ1) is 18.1. The fraction of sp³-hybridized carbons (Fsp3) is 0.474. The summed E-state index contributed by atoms with van der Waals surface area (Å²) in [6.45, 7) is 5.78. The lowest BCUT2D eigenvalue weighted by atomic mass is 10.1. The molecule has 3 rings (SSSR count). The molecular formula is C19H25N5O2. The molecule has 0 unspecified atom stereocenters. The van der Waals surface area contributed by atoms with E-state index in [4.69, 9.17) is 0 Å². The molecule has 0 radical (unpaired) electrons. The molecule has 0 saturated carbocycles. The Kier molecular flexibility index (Phi) is 5.65. The number of nitrogens with zero attached hydrogens (tertiary/aromatic N) is 3. The van der Waals surface area contributed by atoms with Gasteiger partial charge in [-0.05, 0) is 36.8 Å². The highest BCUT2D eigenvalue weighted by Crippen LogP contribution is 2.21. The maximum atomic E-state index is 12.7. The average molecular weight is 355 g/mol. The van der Waals surface area contributed by atoms with E-state index in [9.17, 15) is 9.59 Å². The first-order valence-corrected chi connectivity index (χ1v) is 9.11. The minimum absolute atomic E-state index is 0.215. The van der Waals surface area contributed by atoms with Gasteiger partial charge in [-0.1, -0.05) is 19.9 Å². The number of fused-ring (bicyclic) bond motifs is 1. The van der Waals surface area contributed by atoms with Crippen molar-refractivity contribution >= 4 is 11.8 Å². The fourth-order valence-corrected chi connectivity index (χ4v) is 3.04. The highest BCUT2D eigenvalue weighted by Gasteiger charge is 2.27. The molecule has 0 aliphatic carbocycles. The Morgan fingerprint density at radius 3 is 2.81 bits per heavy atom. The largest absolute Gasteiger partial charge is 0.349 e. The minimum Gasteiger partial charge on any atom is -0.349 e. The van der Waals surface area contributed by atoms with Gasteiger partial charge in [0.15, 0.2) is 5.82 Å². The molecule has 2 aromatic heterocycles. The molecule has 0 aromatic carbocycles. The predicted octanol–water partition coefficient (Wildman–Crippen LogP) is 1.93. The van der Waals surface area contributed by atoms with Crippen molar-refractivity contribution < 1.29 is 9.59 Å². The normalized spacial score (nSPS) is 13.3. The van der Waals surface area contributed by atoms with Crippen molar-refractivity contribution in [1.29, 1.82) is 0 Å². The first-order chi connectivity index (χ1) is 12.6. The van der Waals surface area contributed by atoms with Crippen LogP contribution in [0.1, 0.15) is 59.1 Å². The van der Waals surface area contributed by atoms with Crippen LogP contribution >= 0.6 is 0 Å². The van der Waals surface area contributed by atoms with Crippen LogP contribution in [-0.4, -0.2) is 32.9 Å². The summed E-state index contributed by atoms with van der Waals surface area (Å²) in [6.07, 6.45) is 6.17. The van der Waals surface area contributed by atoms with Crippen LogP contribution in [0, 0.1) is 5.92 Å². The van der Waals surface area contributed by atoms with Crippen LogP contribution in [0.2, 0.25) is 0 Å². The Labute approximate surface area is 153 Å². The zero-order valence-corrected chi connectivity index (χ0v) is 15.3. The summed E-state index contributed by atoms with van der Waals surface area (Å²) in [7, 11) is 0. The second kappa shape index (κ2) is 8.12. The summed E-state index contributed by atoms with van der Waals surface area (Å²) in [4.78, 5) is 33.6. The molecule has 0 spiro atoms. The number of nitrogens with one attached hydrogen (secondary N) is 2. The molecule has 0 bridgehead atoms. The maximum absolute atomic E-state index is 12.7. The summed E-state index contributed by atoms with van der Waals surface area (Å²) in [5.74, 6) is 0.236. The van der Waals surface area contributed by atoms with E-state index < -0.39 is 0 Å². The molecule has 1 aliphatic rings. The van der Waals surface area contributed by atoms with Crippen LogP contribution in [0.5, 0.6) is 0 Å². The van der Waals surface area contributed by atoms with Gasteiger partial charge in [0.1, 0.15) is 5.69 Å². The van der Waals surface area contributed by atoms with E-state index in [1.807, 2.05) is 30.5 Å². The second-order valence-corrected chi connectivity index (χ2v) is 6.99. The highest BCUT2D eigenvalue weighted by atomic mass is 16.2. The quantitative estimate of drug-likeness (QED) is 0.829. The van der Waals surface area contributed by atoms with Crippen LogP contribution in [0.25, 0.3) is 0 Å². The van der Waals surface area contributed by atoms with Crippen molar-refractivity contribution in [3.05, 3.63) is 47.3 Å². The number of hydrogen-bond donors (Lipinski definition) is 2. The predicted molar refractivity (Wildman–Crippen MR) is 97.7 cm³/mol. The molecular weight excluding hydrogens is 330 g/mol. The molecule has 7 heteroatoms. The van der Waals surface area contributed by atoms with E-state index in [0.29, 0.717) is 30.5 Å². The third-order valence-corrected chi connectivity index (χ3v) is 4.38. The minimum atomic E-state index is -0.248. The fourth-order valence-electron chi connectivity index (χ4n) is 3.04. The topological polar surface area (TPSA) is 88.9 Å². The average Bonchev–Trinajstić information content (AvgIpc) is 3.05. The molecule has 7 nitrogen and oxygen atoms in total. The number of amides is 2. The van der Waals surface area contributed by atoms with Crippen molar-refractivity contribution in [2.24, 2.45) is 5.92 Å². The van der Waals surface area contributed by atoms with Gasteiger partial charge in [0.2, 0.25) is 0 Å². The summed E-state index contributed by atoms with van der Waals surface area (Å²) in [5, 5.41) is 5.78. The van der Waals surface area contributed by atoms with E-state index in [1.165, 1.54) is 0 Å². The van der Waals surface area contributed by atoms with Crippen LogP contribution < -0.4 is 10.6 Å². The number of aromatic nitrogens is 3. The molecule has 1 aliphatic heterocycles. The van der Waals surface area contributed by atoms with E-state index in [0.717, 1.165) is 37.1 Å². The molecule has 0 atom stereocenters. The Morgan fingerprint density at radius 2 is 2.08 bits per heavy atom. The maximum Gasteiger partial charge on any atom is 0.287 e. The number of hydrogen-bond acceptors (Lipinski definition) is 4. The van der Waals surface area contributed by atoms with Gasteiger partial charge in [-0.3, -0.25) is 14.6 Å². The van der Waals surface area contributed by atoms with Crippen LogP contribution in [0.15, 0.2) is 24.5 Å². The highest BCUT2D eigenvalue weighted by molar-refractivity contribution is 5.97. The van der Waals surface area contributed by atoms with Gasteiger partial charge in [0, 0.05) is 32.0 Å². The molecule has 2 N–H and O–H groups in total. The Bertz CT molecular complexity index is 783. The van der Waals surface area contributed by atoms with Gasteiger partial charge >= 0.3 is 0 Å². The number of carbonyl (C=O) groups excluding carboxylic acids is 2. The Hall–Kier alpha value is -2.70. The van der Waals surface area contributed by atoms with E-state index >= 15 is 0 Å². The second-order valence-electron chi connectivity index (χ2n) is 6.99. The zero-order valence-electron chi connectivity index (χ0n) is 15.3. The number of pyridine rings is 1. The van der Waals surface area contributed by atoms with E-state index in [2.05, 4.69) is 20.6 Å². The van der Waals surface area contributed by atoms with Gasteiger partial charge in [-0.25, -0.2) is 4.98 Å². The number of rotatable bonds is 6. The van der Waals surface area contributed by atoms with Gasteiger partial charge in [0.25, 0.3) is 11.8 Å². The molecule has 0 saturated heterocycles. The lowest BCUT2D eigenvalue weighted by Gasteiger charge is -2.17. The smallest absolute Gasteiger partial charge is 0.287 e. The van der Waals surface area contributed by atoms with Crippen LogP contribution in [0.4, 0.5) is 0 Å². The zero-order chi connectivity index (χ0) is 18.5. The molecule has 3 heterocycles. The Balaban J connectivity index is 1.78. The van der Waals surface area contributed by atoms with Crippen molar-refractivity contribution in [1.82, 2.24) is 25.2 Å². The van der Waals surface area contributed by atoms with E-state index in [1.54, 1.807) is 12.4 Å². The summed E-state index contributed by atoms with van der Waals surface area (Å²) in [6, 6.07) is 3.73. The standard InChI is InChI=1S/C19H25N5O2/c1-13(2)10-21-19(26)17-23-16(15-7-3-4-9-24(15)17)18(25)22-12-14-6-5-8-20-11-14/h5-6,8,11,13H,3-4,7,9-10,12H2,1-2H3,(H,21,26)(H,22,25). The third kappa shape index (κ3) is 4.09. The van der Waals surface area contributed by atoms with Crippen molar-refractivity contribution in [2.45, 2.75) is 46.2 Å². The van der Waals surface area contributed by atoms with E-state index in [-0.39, 0.29) is 11.8 Å². The van der Waals surface area contributed by atoms with Crippen LogP contribution in [-0.2, 0) is 19.5 Å².